The van der Waals surface area contributed by atoms with Crippen LogP contribution in [0.3, 0.4) is 0 Å². The van der Waals surface area contributed by atoms with Crippen LogP contribution in [0.1, 0.15) is 23.2 Å². The molecule has 2 aromatic rings. The van der Waals surface area contributed by atoms with Gasteiger partial charge in [0.1, 0.15) is 5.76 Å². The Balaban J connectivity index is 1.62. The lowest BCUT2D eigenvalue weighted by molar-refractivity contribution is -0.122. The van der Waals surface area contributed by atoms with E-state index in [2.05, 4.69) is 27.5 Å². The van der Waals surface area contributed by atoms with Crippen molar-refractivity contribution in [1.82, 2.24) is 25.2 Å². The zero-order valence-corrected chi connectivity index (χ0v) is 14.2. The minimum atomic E-state index is -0.123. The summed E-state index contributed by atoms with van der Waals surface area (Å²) in [6.07, 6.45) is 1.86. The largest absolute Gasteiger partial charge is 0.373 e. The van der Waals surface area contributed by atoms with Crippen molar-refractivity contribution in [3.8, 4) is 0 Å². The van der Waals surface area contributed by atoms with E-state index in [-0.39, 0.29) is 24.5 Å². The summed E-state index contributed by atoms with van der Waals surface area (Å²) in [5.41, 5.74) is 1.71. The molecule has 0 spiro atoms. The number of hydrogen-bond acceptors (Lipinski definition) is 6. The molecule has 0 aromatic carbocycles. The number of ether oxygens (including phenoxy) is 1. The maximum absolute atomic E-state index is 12.1. The quantitative estimate of drug-likeness (QED) is 0.855. The van der Waals surface area contributed by atoms with E-state index >= 15 is 0 Å². The molecule has 8 heteroatoms. The van der Waals surface area contributed by atoms with E-state index in [0.29, 0.717) is 24.6 Å². The lowest BCUT2D eigenvalue weighted by atomic mass is 10.0. The second-order valence-electron chi connectivity index (χ2n) is 6.12. The first kappa shape index (κ1) is 16.7. The molecular formula is C16H23N5O3. The lowest BCUT2D eigenvalue weighted by Crippen LogP contribution is -2.49. The molecule has 0 unspecified atom stereocenters. The van der Waals surface area contributed by atoms with Crippen molar-refractivity contribution in [2.45, 2.75) is 25.5 Å². The van der Waals surface area contributed by atoms with Crippen LogP contribution >= 0.6 is 0 Å². The number of hydrogen-bond donors (Lipinski definition) is 1. The van der Waals surface area contributed by atoms with Gasteiger partial charge < -0.3 is 14.6 Å². The van der Waals surface area contributed by atoms with Gasteiger partial charge in [-0.1, -0.05) is 5.16 Å². The average Bonchev–Trinajstić information content (AvgIpc) is 3.14. The molecular weight excluding hydrogens is 310 g/mol. The summed E-state index contributed by atoms with van der Waals surface area (Å²) in [6, 6.07) is 3.81. The van der Waals surface area contributed by atoms with Gasteiger partial charge in [-0.25, -0.2) is 0 Å². The molecule has 3 heterocycles. The van der Waals surface area contributed by atoms with E-state index in [1.165, 1.54) is 0 Å². The molecule has 2 aromatic heterocycles. The molecule has 1 N–H and O–H groups in total. The van der Waals surface area contributed by atoms with E-state index in [1.54, 1.807) is 19.2 Å². The summed E-state index contributed by atoms with van der Waals surface area (Å²) in [5.74, 6) is 0.607. The molecule has 24 heavy (non-hydrogen) atoms. The molecule has 1 fully saturated rings. The number of nitrogens with zero attached hydrogens (tertiary/aromatic N) is 4. The van der Waals surface area contributed by atoms with Crippen LogP contribution in [-0.2, 0) is 23.0 Å². The van der Waals surface area contributed by atoms with Gasteiger partial charge in [0.25, 0.3) is 0 Å². The van der Waals surface area contributed by atoms with Crippen molar-refractivity contribution in [2.75, 3.05) is 26.7 Å². The van der Waals surface area contributed by atoms with E-state index in [0.717, 1.165) is 12.2 Å². The molecule has 0 saturated carbocycles. The molecule has 1 amide bonds. The summed E-state index contributed by atoms with van der Waals surface area (Å²) in [4.78, 5) is 14.4. The minimum absolute atomic E-state index is 0.0563. The third kappa shape index (κ3) is 3.65. The minimum Gasteiger partial charge on any atom is -0.373 e. The number of aromatic nitrogens is 3. The molecule has 0 bridgehead atoms. The van der Waals surface area contributed by atoms with Crippen molar-refractivity contribution in [3.63, 3.8) is 0 Å². The second-order valence-corrected chi connectivity index (χ2v) is 6.12. The molecule has 130 valence electrons. The van der Waals surface area contributed by atoms with Crippen LogP contribution in [0.15, 0.2) is 22.9 Å². The standard InChI is InChI=1S/C16H23N5O3/c1-11-8-12(19-24-11)9-15(22)17-10-14-16(20(2)6-7-23-14)13-4-5-18-21(13)3/h4-5,8,14,16H,6-7,9-10H2,1-3H3,(H,17,22)/t14-,16-/m0/s1. The fourth-order valence-electron chi connectivity index (χ4n) is 3.07. The Hall–Kier alpha value is -2.19. The molecule has 3 rings (SSSR count). The molecule has 8 nitrogen and oxygen atoms in total. The van der Waals surface area contributed by atoms with Gasteiger partial charge in [0.2, 0.25) is 5.91 Å². The number of likely N-dealkylation sites (N-methyl/N-ethyl adjacent to an activating group) is 1. The first-order valence-corrected chi connectivity index (χ1v) is 8.03. The molecule has 1 aliphatic heterocycles. The number of morpholine rings is 1. The number of carbonyl (C=O) groups is 1. The van der Waals surface area contributed by atoms with Crippen LogP contribution < -0.4 is 5.32 Å². The second kappa shape index (κ2) is 7.14. The van der Waals surface area contributed by atoms with Crippen LogP contribution in [0.4, 0.5) is 0 Å². The summed E-state index contributed by atoms with van der Waals surface area (Å²) in [6.45, 7) is 3.74. The number of aryl methyl sites for hydroxylation is 2. The Labute approximate surface area is 140 Å². The zero-order chi connectivity index (χ0) is 17.1. The van der Waals surface area contributed by atoms with E-state index in [1.807, 2.05) is 17.8 Å². The van der Waals surface area contributed by atoms with Crippen molar-refractivity contribution < 1.29 is 14.1 Å². The molecule has 0 radical (unpaired) electrons. The molecule has 0 aliphatic carbocycles. The Morgan fingerprint density at radius 2 is 2.29 bits per heavy atom. The topological polar surface area (TPSA) is 85.4 Å². The van der Waals surface area contributed by atoms with Crippen LogP contribution in [-0.4, -0.2) is 58.6 Å². The van der Waals surface area contributed by atoms with Crippen molar-refractivity contribution in [1.29, 1.82) is 0 Å². The predicted molar refractivity (Wildman–Crippen MR) is 86.3 cm³/mol. The monoisotopic (exact) mass is 333 g/mol. The van der Waals surface area contributed by atoms with E-state index < -0.39 is 0 Å². The van der Waals surface area contributed by atoms with Gasteiger partial charge in [0.05, 0.1) is 36.6 Å². The molecule has 2 atom stereocenters. The van der Waals surface area contributed by atoms with Crippen molar-refractivity contribution >= 4 is 5.91 Å². The maximum atomic E-state index is 12.1. The van der Waals surface area contributed by atoms with Gasteiger partial charge in [0.15, 0.2) is 0 Å². The smallest absolute Gasteiger partial charge is 0.226 e. The maximum Gasteiger partial charge on any atom is 0.226 e. The van der Waals surface area contributed by atoms with E-state index in [9.17, 15) is 4.79 Å². The van der Waals surface area contributed by atoms with Crippen LogP contribution in [0.2, 0.25) is 0 Å². The van der Waals surface area contributed by atoms with Gasteiger partial charge in [-0.2, -0.15) is 5.10 Å². The number of rotatable bonds is 5. The number of amides is 1. The third-order valence-corrected chi connectivity index (χ3v) is 4.28. The summed E-state index contributed by atoms with van der Waals surface area (Å²) in [5, 5.41) is 11.0. The molecule has 1 aliphatic rings. The Morgan fingerprint density at radius 1 is 1.46 bits per heavy atom. The molecule has 1 saturated heterocycles. The number of carbonyl (C=O) groups excluding carboxylic acids is 1. The number of nitrogens with one attached hydrogen (secondary N) is 1. The van der Waals surface area contributed by atoms with Gasteiger partial charge in [-0.15, -0.1) is 0 Å². The van der Waals surface area contributed by atoms with Crippen molar-refractivity contribution in [3.05, 3.63) is 35.5 Å². The average molecular weight is 333 g/mol. The first-order valence-electron chi connectivity index (χ1n) is 8.03. The van der Waals surface area contributed by atoms with Gasteiger partial charge >= 0.3 is 0 Å². The highest BCUT2D eigenvalue weighted by molar-refractivity contribution is 5.78. The fraction of sp³-hybridized carbons (Fsp3) is 0.562. The highest BCUT2D eigenvalue weighted by atomic mass is 16.5. The van der Waals surface area contributed by atoms with Crippen LogP contribution in [0.5, 0.6) is 0 Å². The van der Waals surface area contributed by atoms with Crippen LogP contribution in [0.25, 0.3) is 0 Å². The predicted octanol–water partition coefficient (Wildman–Crippen LogP) is 0.447. The summed E-state index contributed by atoms with van der Waals surface area (Å²) >= 11 is 0. The Bertz CT molecular complexity index is 695. The highest BCUT2D eigenvalue weighted by Crippen LogP contribution is 2.27. The Kier molecular flexibility index (Phi) is 4.96. The lowest BCUT2D eigenvalue weighted by Gasteiger charge is -2.39. The van der Waals surface area contributed by atoms with E-state index in [4.69, 9.17) is 9.26 Å². The van der Waals surface area contributed by atoms with Crippen molar-refractivity contribution in [2.24, 2.45) is 7.05 Å². The van der Waals surface area contributed by atoms with Gasteiger partial charge in [0, 0.05) is 32.4 Å². The Morgan fingerprint density at radius 3 is 2.96 bits per heavy atom. The SMILES string of the molecule is Cc1cc(CC(=O)NC[C@@H]2OCCN(C)[C@H]2c2ccnn2C)no1. The first-order chi connectivity index (χ1) is 11.5. The van der Waals surface area contributed by atoms with Crippen LogP contribution in [0, 0.1) is 6.92 Å². The third-order valence-electron chi connectivity index (χ3n) is 4.28. The fourth-order valence-corrected chi connectivity index (χ4v) is 3.07. The normalized spacial score (nSPS) is 21.8. The highest BCUT2D eigenvalue weighted by Gasteiger charge is 2.33. The van der Waals surface area contributed by atoms with Gasteiger partial charge in [-0.05, 0) is 20.0 Å². The zero-order valence-electron chi connectivity index (χ0n) is 14.2. The van der Waals surface area contributed by atoms with Gasteiger partial charge in [-0.3, -0.25) is 14.4 Å². The summed E-state index contributed by atoms with van der Waals surface area (Å²) < 4.78 is 12.7. The summed E-state index contributed by atoms with van der Waals surface area (Å²) in [7, 11) is 3.98.